The Hall–Kier alpha value is -2.09. The lowest BCUT2D eigenvalue weighted by Gasteiger charge is -2.30. The number of hydrogen-bond donors (Lipinski definition) is 1. The molecule has 126 valence electrons. The number of carbonyl (C=O) groups excluding carboxylic acids is 3. The molecule has 0 atom stereocenters. The number of ether oxygens (including phenoxy) is 1. The topological polar surface area (TPSA) is 108 Å². The first kappa shape index (κ1) is 17.3. The van der Waals surface area contributed by atoms with Crippen LogP contribution in [0.2, 0.25) is 5.15 Å². The second kappa shape index (κ2) is 6.99. The molecule has 1 aliphatic heterocycles. The molecule has 0 radical (unpaired) electrons. The molecule has 0 aliphatic carbocycles. The van der Waals surface area contributed by atoms with Gasteiger partial charge in [0.1, 0.15) is 10.7 Å². The van der Waals surface area contributed by atoms with Crippen molar-refractivity contribution in [2.24, 2.45) is 18.7 Å². The van der Waals surface area contributed by atoms with Crippen molar-refractivity contribution in [1.82, 2.24) is 14.7 Å². The summed E-state index contributed by atoms with van der Waals surface area (Å²) < 4.78 is 6.40. The second-order valence-electron chi connectivity index (χ2n) is 5.51. The minimum absolute atomic E-state index is 0.161. The highest BCUT2D eigenvalue weighted by Crippen LogP contribution is 2.20. The zero-order chi connectivity index (χ0) is 17.1. The molecule has 9 heteroatoms. The number of aromatic nitrogens is 2. The third-order valence-electron chi connectivity index (χ3n) is 3.93. The van der Waals surface area contributed by atoms with Gasteiger partial charge in [-0.1, -0.05) is 11.6 Å². The number of nitrogens with two attached hydrogens (primary N) is 1. The van der Waals surface area contributed by atoms with Gasteiger partial charge < -0.3 is 15.4 Å². The van der Waals surface area contributed by atoms with Gasteiger partial charge in [-0.25, -0.2) is 4.79 Å². The first-order valence-corrected chi connectivity index (χ1v) is 7.62. The van der Waals surface area contributed by atoms with Crippen LogP contribution >= 0.6 is 11.6 Å². The quantitative estimate of drug-likeness (QED) is 0.790. The lowest BCUT2D eigenvalue weighted by Crippen LogP contribution is -2.43. The number of amides is 2. The van der Waals surface area contributed by atoms with Crippen LogP contribution < -0.4 is 5.73 Å². The van der Waals surface area contributed by atoms with E-state index in [1.165, 1.54) is 4.68 Å². The monoisotopic (exact) mass is 342 g/mol. The lowest BCUT2D eigenvalue weighted by atomic mass is 9.96. The van der Waals surface area contributed by atoms with E-state index in [1.807, 2.05) is 0 Å². The molecule has 0 aromatic carbocycles. The van der Waals surface area contributed by atoms with Gasteiger partial charge in [0, 0.05) is 26.1 Å². The summed E-state index contributed by atoms with van der Waals surface area (Å²) in [6.07, 6.45) is 1.06. The molecule has 0 unspecified atom stereocenters. The first-order valence-electron chi connectivity index (χ1n) is 7.24. The molecule has 1 fully saturated rings. The Bertz CT molecular complexity index is 635. The van der Waals surface area contributed by atoms with Gasteiger partial charge in [-0.3, -0.25) is 14.3 Å². The summed E-state index contributed by atoms with van der Waals surface area (Å²) in [5.41, 5.74) is 5.85. The Morgan fingerprint density at radius 2 is 1.96 bits per heavy atom. The van der Waals surface area contributed by atoms with Gasteiger partial charge in [0.2, 0.25) is 5.91 Å². The van der Waals surface area contributed by atoms with Crippen LogP contribution in [0.3, 0.4) is 0 Å². The molecule has 0 bridgehead atoms. The molecule has 1 aromatic heterocycles. The van der Waals surface area contributed by atoms with Crippen molar-refractivity contribution in [2.45, 2.75) is 19.8 Å². The summed E-state index contributed by atoms with van der Waals surface area (Å²) in [5.74, 6) is -1.52. The maximum Gasteiger partial charge on any atom is 0.343 e. The van der Waals surface area contributed by atoms with Crippen molar-refractivity contribution >= 4 is 29.4 Å². The van der Waals surface area contributed by atoms with E-state index in [9.17, 15) is 14.4 Å². The van der Waals surface area contributed by atoms with E-state index in [0.29, 0.717) is 31.6 Å². The maximum absolute atomic E-state index is 12.1. The Kier molecular flexibility index (Phi) is 5.25. The maximum atomic E-state index is 12.1. The van der Waals surface area contributed by atoms with Gasteiger partial charge in [-0.15, -0.1) is 0 Å². The molecule has 8 nitrogen and oxygen atoms in total. The second-order valence-corrected chi connectivity index (χ2v) is 5.87. The number of esters is 1. The van der Waals surface area contributed by atoms with Crippen LogP contribution in [0.1, 0.15) is 28.9 Å². The van der Waals surface area contributed by atoms with Gasteiger partial charge in [0.25, 0.3) is 5.91 Å². The summed E-state index contributed by atoms with van der Waals surface area (Å²) in [4.78, 5) is 36.8. The van der Waals surface area contributed by atoms with E-state index in [0.717, 1.165) is 0 Å². The number of likely N-dealkylation sites (tertiary alicyclic amines) is 1. The van der Waals surface area contributed by atoms with E-state index in [4.69, 9.17) is 22.1 Å². The van der Waals surface area contributed by atoms with Gasteiger partial charge in [0.05, 0.1) is 5.69 Å². The number of nitrogens with zero attached hydrogens (tertiary/aromatic N) is 3. The van der Waals surface area contributed by atoms with E-state index < -0.39 is 5.97 Å². The fourth-order valence-electron chi connectivity index (χ4n) is 2.57. The first-order chi connectivity index (χ1) is 10.8. The van der Waals surface area contributed by atoms with Crippen LogP contribution in [0, 0.1) is 12.8 Å². The van der Waals surface area contributed by atoms with Gasteiger partial charge in [-0.2, -0.15) is 5.10 Å². The fraction of sp³-hybridized carbons (Fsp3) is 0.571. The van der Waals surface area contributed by atoms with Crippen LogP contribution in [-0.4, -0.2) is 52.2 Å². The standard InChI is InChI=1S/C14H19ClN4O4/c1-8-11(12(15)18(2)17-8)14(22)23-7-10(20)19-5-3-9(4-6-19)13(16)21/h9H,3-7H2,1-2H3,(H2,16,21). The summed E-state index contributed by atoms with van der Waals surface area (Å²) in [6, 6.07) is 0. The predicted octanol–water partition coefficient (Wildman–Crippen LogP) is 0.263. The molecule has 1 aromatic rings. The van der Waals surface area contributed by atoms with Crippen molar-refractivity contribution in [2.75, 3.05) is 19.7 Å². The fourth-order valence-corrected chi connectivity index (χ4v) is 2.82. The molecular weight excluding hydrogens is 324 g/mol. The number of rotatable bonds is 4. The highest BCUT2D eigenvalue weighted by atomic mass is 35.5. The van der Waals surface area contributed by atoms with Crippen molar-refractivity contribution in [1.29, 1.82) is 0 Å². The molecule has 2 N–H and O–H groups in total. The highest BCUT2D eigenvalue weighted by Gasteiger charge is 2.27. The van der Waals surface area contributed by atoms with E-state index in [-0.39, 0.29) is 35.1 Å². The van der Waals surface area contributed by atoms with E-state index in [1.54, 1.807) is 18.9 Å². The smallest absolute Gasteiger partial charge is 0.343 e. The normalized spacial score (nSPS) is 15.5. The molecule has 1 saturated heterocycles. The highest BCUT2D eigenvalue weighted by molar-refractivity contribution is 6.32. The third-order valence-corrected chi connectivity index (χ3v) is 4.37. The number of halogens is 1. The van der Waals surface area contributed by atoms with Crippen LogP contribution in [0.4, 0.5) is 0 Å². The van der Waals surface area contributed by atoms with Crippen LogP contribution in [0.15, 0.2) is 0 Å². The minimum atomic E-state index is -0.680. The average Bonchev–Trinajstić information content (AvgIpc) is 2.77. The SMILES string of the molecule is Cc1nn(C)c(Cl)c1C(=O)OCC(=O)N1CCC(C(N)=O)CC1. The van der Waals surface area contributed by atoms with E-state index in [2.05, 4.69) is 5.10 Å². The Morgan fingerprint density at radius 3 is 2.43 bits per heavy atom. The summed E-state index contributed by atoms with van der Waals surface area (Å²) in [5, 5.41) is 4.19. The lowest BCUT2D eigenvalue weighted by molar-refractivity contribution is -0.137. The Labute approximate surface area is 138 Å². The third kappa shape index (κ3) is 3.82. The molecule has 2 heterocycles. The largest absolute Gasteiger partial charge is 0.452 e. The molecular formula is C14H19ClN4O4. The summed E-state index contributed by atoms with van der Waals surface area (Å²) >= 11 is 5.98. The van der Waals surface area contributed by atoms with Crippen molar-refractivity contribution < 1.29 is 19.1 Å². The van der Waals surface area contributed by atoms with Crippen molar-refractivity contribution in [3.8, 4) is 0 Å². The molecule has 2 rings (SSSR count). The van der Waals surface area contributed by atoms with Crippen LogP contribution in [0.25, 0.3) is 0 Å². The molecule has 23 heavy (non-hydrogen) atoms. The number of primary amides is 1. The Balaban J connectivity index is 1.87. The molecule has 1 aliphatic rings. The van der Waals surface area contributed by atoms with Crippen LogP contribution in [-0.2, 0) is 21.4 Å². The average molecular weight is 343 g/mol. The minimum Gasteiger partial charge on any atom is -0.452 e. The van der Waals surface area contributed by atoms with Gasteiger partial charge in [-0.05, 0) is 19.8 Å². The zero-order valence-electron chi connectivity index (χ0n) is 13.0. The van der Waals surface area contributed by atoms with Gasteiger partial charge in [0.15, 0.2) is 6.61 Å². The number of piperidine rings is 1. The molecule has 2 amide bonds. The van der Waals surface area contributed by atoms with Crippen molar-refractivity contribution in [3.05, 3.63) is 16.4 Å². The predicted molar refractivity (Wildman–Crippen MR) is 81.7 cm³/mol. The van der Waals surface area contributed by atoms with Crippen molar-refractivity contribution in [3.63, 3.8) is 0 Å². The number of carbonyl (C=O) groups is 3. The zero-order valence-corrected chi connectivity index (χ0v) is 13.8. The summed E-state index contributed by atoms with van der Waals surface area (Å²) in [6.45, 7) is 2.12. The summed E-state index contributed by atoms with van der Waals surface area (Å²) in [7, 11) is 1.61. The Morgan fingerprint density at radius 1 is 1.35 bits per heavy atom. The van der Waals surface area contributed by atoms with Crippen LogP contribution in [0.5, 0.6) is 0 Å². The molecule has 0 saturated carbocycles. The molecule has 0 spiro atoms. The van der Waals surface area contributed by atoms with E-state index >= 15 is 0 Å². The number of hydrogen-bond acceptors (Lipinski definition) is 5. The van der Waals surface area contributed by atoms with Gasteiger partial charge >= 0.3 is 5.97 Å². The number of aryl methyl sites for hydroxylation is 2.